The minimum Gasteiger partial charge on any atom is -0.371 e. The Balaban J connectivity index is 1.19. The number of anilines is 1. The van der Waals surface area contributed by atoms with Crippen molar-refractivity contribution in [3.05, 3.63) is 78.4 Å². The number of nitrogens with zero attached hydrogens (tertiary/aromatic N) is 1. The fraction of sp³-hybridized carbons (Fsp3) is 0.320. The first-order chi connectivity index (χ1) is 13.7. The van der Waals surface area contributed by atoms with Crippen molar-refractivity contribution in [1.29, 1.82) is 0 Å². The molecule has 1 saturated heterocycles. The lowest BCUT2D eigenvalue weighted by molar-refractivity contribution is -0.120. The maximum absolute atomic E-state index is 12.7. The van der Waals surface area contributed by atoms with Gasteiger partial charge in [-0.1, -0.05) is 60.7 Å². The van der Waals surface area contributed by atoms with Crippen LogP contribution in [0.25, 0.3) is 10.8 Å². The molecule has 5 rings (SSSR count). The van der Waals surface area contributed by atoms with Crippen LogP contribution in [-0.2, 0) is 11.2 Å². The summed E-state index contributed by atoms with van der Waals surface area (Å²) in [4.78, 5) is 15.2. The molecule has 1 amide bonds. The van der Waals surface area contributed by atoms with Crippen LogP contribution in [0, 0.1) is 5.41 Å². The molecule has 1 aliphatic heterocycles. The Kier molecular flexibility index (Phi) is 4.31. The SMILES string of the molecule is O=C(Cc1cccc2ccccc12)NC1CC12CCN(c1ccccc1)CC2. The number of amides is 1. The fourth-order valence-corrected chi connectivity index (χ4v) is 4.82. The van der Waals surface area contributed by atoms with Crippen molar-refractivity contribution in [2.24, 2.45) is 5.41 Å². The van der Waals surface area contributed by atoms with Crippen molar-refractivity contribution in [2.75, 3.05) is 18.0 Å². The van der Waals surface area contributed by atoms with E-state index in [1.807, 2.05) is 18.2 Å². The predicted octanol–water partition coefficient (Wildman–Crippen LogP) is 4.56. The molecule has 1 N–H and O–H groups in total. The van der Waals surface area contributed by atoms with E-state index in [9.17, 15) is 4.79 Å². The van der Waals surface area contributed by atoms with Crippen LogP contribution >= 0.6 is 0 Å². The van der Waals surface area contributed by atoms with Crippen LogP contribution < -0.4 is 10.2 Å². The van der Waals surface area contributed by atoms with Crippen molar-refractivity contribution >= 4 is 22.4 Å². The van der Waals surface area contributed by atoms with Crippen LogP contribution in [-0.4, -0.2) is 25.0 Å². The van der Waals surface area contributed by atoms with E-state index in [0.29, 0.717) is 17.9 Å². The van der Waals surface area contributed by atoms with E-state index in [-0.39, 0.29) is 5.91 Å². The van der Waals surface area contributed by atoms with Crippen LogP contribution in [0.1, 0.15) is 24.8 Å². The lowest BCUT2D eigenvalue weighted by Crippen LogP contribution is -2.39. The third-order valence-electron chi connectivity index (χ3n) is 6.64. The largest absolute Gasteiger partial charge is 0.371 e. The normalized spacial score (nSPS) is 20.3. The monoisotopic (exact) mass is 370 g/mol. The quantitative estimate of drug-likeness (QED) is 0.730. The second-order valence-corrected chi connectivity index (χ2v) is 8.32. The number of carbonyl (C=O) groups excluding carboxylic acids is 1. The van der Waals surface area contributed by atoms with E-state index in [1.165, 1.54) is 29.3 Å². The summed E-state index contributed by atoms with van der Waals surface area (Å²) in [6.45, 7) is 2.17. The summed E-state index contributed by atoms with van der Waals surface area (Å²) >= 11 is 0. The minimum atomic E-state index is 0.156. The molecule has 2 aliphatic rings. The second-order valence-electron chi connectivity index (χ2n) is 8.32. The van der Waals surface area contributed by atoms with Crippen molar-refractivity contribution < 1.29 is 4.79 Å². The number of para-hydroxylation sites is 1. The third-order valence-corrected chi connectivity index (χ3v) is 6.64. The molecule has 3 nitrogen and oxygen atoms in total. The summed E-state index contributed by atoms with van der Waals surface area (Å²) in [5.74, 6) is 0.156. The second kappa shape index (κ2) is 6.97. The van der Waals surface area contributed by atoms with Crippen LogP contribution in [0.2, 0.25) is 0 Å². The first-order valence-electron chi connectivity index (χ1n) is 10.3. The standard InChI is InChI=1S/C25H26N2O/c28-24(17-20-9-6-8-19-7-4-5-12-22(19)20)26-23-18-25(23)13-15-27(16-14-25)21-10-2-1-3-11-21/h1-12,23H,13-18H2,(H,26,28). The van der Waals surface area contributed by atoms with Gasteiger partial charge in [-0.05, 0) is 53.1 Å². The highest BCUT2D eigenvalue weighted by molar-refractivity contribution is 5.90. The van der Waals surface area contributed by atoms with Crippen LogP contribution in [0.5, 0.6) is 0 Å². The van der Waals surface area contributed by atoms with Crippen molar-refractivity contribution in [3.63, 3.8) is 0 Å². The molecule has 2 fully saturated rings. The van der Waals surface area contributed by atoms with E-state index >= 15 is 0 Å². The highest BCUT2D eigenvalue weighted by Crippen LogP contribution is 2.54. The maximum Gasteiger partial charge on any atom is 0.224 e. The number of carbonyl (C=O) groups is 1. The Labute approximate surface area is 166 Å². The minimum absolute atomic E-state index is 0.156. The van der Waals surface area contributed by atoms with Crippen molar-refractivity contribution in [2.45, 2.75) is 31.7 Å². The summed E-state index contributed by atoms with van der Waals surface area (Å²) in [6, 6.07) is 25.5. The van der Waals surface area contributed by atoms with Crippen molar-refractivity contribution in [3.8, 4) is 0 Å². The van der Waals surface area contributed by atoms with Crippen LogP contribution in [0.3, 0.4) is 0 Å². The first kappa shape index (κ1) is 17.3. The van der Waals surface area contributed by atoms with Gasteiger partial charge in [-0.25, -0.2) is 0 Å². The van der Waals surface area contributed by atoms with Gasteiger partial charge in [-0.3, -0.25) is 4.79 Å². The molecule has 1 spiro atoms. The topological polar surface area (TPSA) is 32.3 Å². The molecule has 3 aromatic carbocycles. The summed E-state index contributed by atoms with van der Waals surface area (Å²) in [6.07, 6.45) is 3.93. The molecule has 1 saturated carbocycles. The number of benzene rings is 3. The lowest BCUT2D eigenvalue weighted by Gasteiger charge is -2.34. The first-order valence-corrected chi connectivity index (χ1v) is 10.3. The summed E-state index contributed by atoms with van der Waals surface area (Å²) in [5, 5.41) is 5.71. The van der Waals surface area contributed by atoms with Gasteiger partial charge < -0.3 is 10.2 Å². The number of rotatable bonds is 4. The molecule has 1 aliphatic carbocycles. The van der Waals surface area contributed by atoms with Gasteiger partial charge in [0.1, 0.15) is 0 Å². The van der Waals surface area contributed by atoms with Crippen LogP contribution in [0.15, 0.2) is 72.8 Å². The smallest absolute Gasteiger partial charge is 0.224 e. The molecule has 0 radical (unpaired) electrons. The number of piperidine rings is 1. The fourth-order valence-electron chi connectivity index (χ4n) is 4.82. The Morgan fingerprint density at radius 3 is 2.46 bits per heavy atom. The molecule has 0 aromatic heterocycles. The molecular formula is C25H26N2O. The van der Waals surface area contributed by atoms with E-state index < -0.39 is 0 Å². The zero-order valence-corrected chi connectivity index (χ0v) is 16.1. The predicted molar refractivity (Wildman–Crippen MR) is 115 cm³/mol. The van der Waals surface area contributed by atoms with E-state index in [0.717, 1.165) is 25.1 Å². The molecule has 0 bridgehead atoms. The molecule has 3 aromatic rings. The zero-order valence-electron chi connectivity index (χ0n) is 16.1. The molecule has 3 heteroatoms. The van der Waals surface area contributed by atoms with Gasteiger partial charge in [0.25, 0.3) is 0 Å². The summed E-state index contributed by atoms with van der Waals surface area (Å²) in [7, 11) is 0. The Morgan fingerprint density at radius 2 is 1.64 bits per heavy atom. The van der Waals surface area contributed by atoms with Gasteiger partial charge in [0, 0.05) is 24.8 Å². The number of hydrogen-bond acceptors (Lipinski definition) is 2. The number of hydrogen-bond donors (Lipinski definition) is 1. The maximum atomic E-state index is 12.7. The molecular weight excluding hydrogens is 344 g/mol. The number of fused-ring (bicyclic) bond motifs is 1. The van der Waals surface area contributed by atoms with E-state index in [1.54, 1.807) is 0 Å². The van der Waals surface area contributed by atoms with Gasteiger partial charge >= 0.3 is 0 Å². The highest BCUT2D eigenvalue weighted by Gasteiger charge is 2.55. The zero-order chi connectivity index (χ0) is 19.0. The van der Waals surface area contributed by atoms with Gasteiger partial charge in [-0.15, -0.1) is 0 Å². The average Bonchev–Trinajstić information content (AvgIpc) is 3.40. The summed E-state index contributed by atoms with van der Waals surface area (Å²) < 4.78 is 0. The Morgan fingerprint density at radius 1 is 0.929 bits per heavy atom. The molecule has 142 valence electrons. The lowest BCUT2D eigenvalue weighted by atomic mass is 9.92. The van der Waals surface area contributed by atoms with E-state index in [4.69, 9.17) is 0 Å². The molecule has 28 heavy (non-hydrogen) atoms. The van der Waals surface area contributed by atoms with E-state index in [2.05, 4.69) is 64.8 Å². The van der Waals surface area contributed by atoms with Gasteiger partial charge in [0.15, 0.2) is 0 Å². The average molecular weight is 370 g/mol. The Bertz CT molecular complexity index is 984. The molecule has 1 unspecified atom stereocenters. The number of nitrogens with one attached hydrogen (secondary N) is 1. The highest BCUT2D eigenvalue weighted by atomic mass is 16.1. The van der Waals surface area contributed by atoms with Gasteiger partial charge in [0.2, 0.25) is 5.91 Å². The molecule has 1 atom stereocenters. The summed E-state index contributed by atoms with van der Waals surface area (Å²) in [5.41, 5.74) is 2.76. The van der Waals surface area contributed by atoms with Crippen LogP contribution in [0.4, 0.5) is 5.69 Å². The Hall–Kier alpha value is -2.81. The van der Waals surface area contributed by atoms with Crippen molar-refractivity contribution in [1.82, 2.24) is 5.32 Å². The molecule has 1 heterocycles. The van der Waals surface area contributed by atoms with Gasteiger partial charge in [-0.2, -0.15) is 0 Å². The third kappa shape index (κ3) is 3.26. The van der Waals surface area contributed by atoms with Gasteiger partial charge in [0.05, 0.1) is 6.42 Å².